The fourth-order valence-corrected chi connectivity index (χ4v) is 5.91. The van der Waals surface area contributed by atoms with Gasteiger partial charge >= 0.3 is 0 Å². The van der Waals surface area contributed by atoms with Gasteiger partial charge in [0.05, 0.1) is 25.9 Å². The first-order valence-electron chi connectivity index (χ1n) is 12.9. The van der Waals surface area contributed by atoms with Crippen molar-refractivity contribution in [1.82, 2.24) is 0 Å². The van der Waals surface area contributed by atoms with Crippen LogP contribution in [0.1, 0.15) is 38.8 Å². The van der Waals surface area contributed by atoms with Crippen molar-refractivity contribution in [3.8, 4) is 0 Å². The third kappa shape index (κ3) is 8.32. The summed E-state index contributed by atoms with van der Waals surface area (Å²) in [5, 5.41) is 4.23. The highest BCUT2D eigenvalue weighted by Crippen LogP contribution is 2.39. The number of rotatable bonds is 12. The summed E-state index contributed by atoms with van der Waals surface area (Å²) in [4.78, 5) is 3.16. The van der Waals surface area contributed by atoms with Gasteiger partial charge in [-0.25, -0.2) is 0 Å². The minimum atomic E-state index is -2.04. The van der Waals surface area contributed by atoms with Crippen LogP contribution in [-0.2, 0) is 31.9 Å². The molecule has 7 nitrogen and oxygen atoms in total. The van der Waals surface area contributed by atoms with E-state index in [0.717, 1.165) is 16.9 Å². The number of thioether (sulfide) groups is 1. The molecule has 37 heavy (non-hydrogen) atoms. The van der Waals surface area contributed by atoms with E-state index in [2.05, 4.69) is 50.8 Å². The Bertz CT molecular complexity index is 999. The molecule has 9 heteroatoms. The summed E-state index contributed by atoms with van der Waals surface area (Å²) in [6.07, 6.45) is -1.34. The van der Waals surface area contributed by atoms with Crippen molar-refractivity contribution in [3.05, 3.63) is 82.2 Å². The van der Waals surface area contributed by atoms with Gasteiger partial charge in [-0.3, -0.25) is 0 Å². The van der Waals surface area contributed by atoms with Crippen molar-refractivity contribution in [2.75, 3.05) is 12.4 Å². The molecule has 1 aliphatic heterocycles. The molecule has 202 valence electrons. The maximum absolute atomic E-state index is 9.45. The molecule has 2 aromatic rings. The summed E-state index contributed by atoms with van der Waals surface area (Å²) in [5.74, 6) is 0.818. The highest BCUT2D eigenvalue weighted by Gasteiger charge is 2.48. The van der Waals surface area contributed by atoms with E-state index in [9.17, 15) is 5.53 Å². The zero-order valence-corrected chi connectivity index (χ0v) is 24.7. The van der Waals surface area contributed by atoms with E-state index in [1.807, 2.05) is 60.7 Å². The molecule has 0 radical (unpaired) electrons. The van der Waals surface area contributed by atoms with Gasteiger partial charge in [-0.05, 0) is 40.5 Å². The standard InChI is InChI=1S/C28H41N3O4SSi/c1-7-36-27-24(30-31-29)26(33-19-22-16-12-9-13-17-22)25(32-18-21-14-10-8-11-15-21)23(35-27)20-34-37(5,6)28(2,3)4/h8-17,23-27H,7,18-20H2,1-6H3/t23?,24?,25-,26+,27+/m1/s1. The lowest BCUT2D eigenvalue weighted by Crippen LogP contribution is -2.59. The Kier molecular flexibility index (Phi) is 11.1. The largest absolute Gasteiger partial charge is 0.414 e. The molecular formula is C28H41N3O4SSi. The molecule has 0 bridgehead atoms. The van der Waals surface area contributed by atoms with E-state index in [-0.39, 0.29) is 16.6 Å². The topological polar surface area (TPSA) is 85.7 Å². The smallest absolute Gasteiger partial charge is 0.192 e. The van der Waals surface area contributed by atoms with Crippen LogP contribution in [0.2, 0.25) is 18.1 Å². The van der Waals surface area contributed by atoms with Gasteiger partial charge in [0.15, 0.2) is 8.32 Å². The number of hydrogen-bond acceptors (Lipinski definition) is 6. The van der Waals surface area contributed by atoms with Gasteiger partial charge in [0.25, 0.3) is 0 Å². The fraction of sp³-hybridized carbons (Fsp3) is 0.571. The normalized spacial score (nSPS) is 24.4. The average molecular weight is 544 g/mol. The Morgan fingerprint density at radius 3 is 1.97 bits per heavy atom. The van der Waals surface area contributed by atoms with Crippen LogP contribution in [0.3, 0.4) is 0 Å². The van der Waals surface area contributed by atoms with Crippen LogP contribution in [0.15, 0.2) is 65.8 Å². The van der Waals surface area contributed by atoms with Crippen LogP contribution in [0.25, 0.3) is 10.4 Å². The highest BCUT2D eigenvalue weighted by atomic mass is 32.2. The summed E-state index contributed by atoms with van der Waals surface area (Å²) in [6.45, 7) is 14.4. The monoisotopic (exact) mass is 543 g/mol. The van der Waals surface area contributed by atoms with Gasteiger partial charge in [0, 0.05) is 4.91 Å². The molecular weight excluding hydrogens is 502 g/mol. The van der Waals surface area contributed by atoms with Gasteiger partial charge in [-0.1, -0.05) is 93.5 Å². The molecule has 0 saturated carbocycles. The summed E-state index contributed by atoms with van der Waals surface area (Å²) in [5.41, 5.74) is 11.2. The molecule has 1 saturated heterocycles. The summed E-state index contributed by atoms with van der Waals surface area (Å²) >= 11 is 1.62. The highest BCUT2D eigenvalue weighted by molar-refractivity contribution is 7.99. The van der Waals surface area contributed by atoms with Crippen LogP contribution in [0, 0.1) is 0 Å². The first-order valence-corrected chi connectivity index (χ1v) is 16.9. The van der Waals surface area contributed by atoms with E-state index >= 15 is 0 Å². The maximum Gasteiger partial charge on any atom is 0.192 e. The molecule has 2 aromatic carbocycles. The van der Waals surface area contributed by atoms with E-state index in [0.29, 0.717) is 19.8 Å². The predicted molar refractivity (Wildman–Crippen MR) is 153 cm³/mol. The van der Waals surface area contributed by atoms with E-state index in [4.69, 9.17) is 18.6 Å². The molecule has 0 aliphatic carbocycles. The molecule has 0 aromatic heterocycles. The quantitative estimate of drug-likeness (QED) is 0.121. The van der Waals surface area contributed by atoms with Gasteiger partial charge < -0.3 is 18.6 Å². The predicted octanol–water partition coefficient (Wildman–Crippen LogP) is 7.34. The number of azide groups is 1. The summed E-state index contributed by atoms with van der Waals surface area (Å²) in [7, 11) is -2.04. The van der Waals surface area contributed by atoms with Crippen LogP contribution in [0.5, 0.6) is 0 Å². The van der Waals surface area contributed by atoms with Crippen molar-refractivity contribution in [3.63, 3.8) is 0 Å². The Morgan fingerprint density at radius 2 is 1.49 bits per heavy atom. The lowest BCUT2D eigenvalue weighted by molar-refractivity contribution is -0.205. The van der Waals surface area contributed by atoms with E-state index in [1.54, 1.807) is 11.8 Å². The van der Waals surface area contributed by atoms with Gasteiger partial charge in [0.2, 0.25) is 0 Å². The zero-order valence-electron chi connectivity index (χ0n) is 22.9. The molecule has 0 amide bonds. The first kappa shape index (κ1) is 29.7. The Hall–Kier alpha value is -1.84. The van der Waals surface area contributed by atoms with Crippen LogP contribution in [0.4, 0.5) is 0 Å². The van der Waals surface area contributed by atoms with E-state index < -0.39 is 26.6 Å². The number of benzene rings is 2. The molecule has 5 atom stereocenters. The number of nitrogens with zero attached hydrogens (tertiary/aromatic N) is 3. The minimum absolute atomic E-state index is 0.0659. The van der Waals surface area contributed by atoms with Crippen molar-refractivity contribution >= 4 is 20.1 Å². The van der Waals surface area contributed by atoms with Crippen LogP contribution in [-0.4, -0.2) is 50.5 Å². The van der Waals surface area contributed by atoms with Crippen molar-refractivity contribution < 1.29 is 18.6 Å². The first-order chi connectivity index (χ1) is 17.7. The number of ether oxygens (including phenoxy) is 3. The van der Waals surface area contributed by atoms with Gasteiger partial charge in [0.1, 0.15) is 23.7 Å². The second-order valence-corrected chi connectivity index (χ2v) is 17.0. The average Bonchev–Trinajstić information content (AvgIpc) is 2.87. The molecule has 1 heterocycles. The second-order valence-electron chi connectivity index (χ2n) is 10.8. The molecule has 0 spiro atoms. The maximum atomic E-state index is 9.45. The third-order valence-corrected chi connectivity index (χ3v) is 12.7. The van der Waals surface area contributed by atoms with Crippen molar-refractivity contribution in [2.45, 2.75) is 88.8 Å². The van der Waals surface area contributed by atoms with Gasteiger partial charge in [-0.15, -0.1) is 11.8 Å². The molecule has 1 aliphatic rings. The molecule has 1 fully saturated rings. The zero-order chi connectivity index (χ0) is 26.9. The summed E-state index contributed by atoms with van der Waals surface area (Å²) < 4.78 is 26.2. The van der Waals surface area contributed by atoms with Crippen LogP contribution < -0.4 is 0 Å². The molecule has 0 N–H and O–H groups in total. The fourth-order valence-electron chi connectivity index (χ4n) is 3.94. The van der Waals surface area contributed by atoms with Crippen molar-refractivity contribution in [1.29, 1.82) is 0 Å². The Labute approximate surface area is 227 Å². The lowest BCUT2D eigenvalue weighted by atomic mass is 9.97. The SMILES string of the molecule is CCS[C@@H]1OC(CO[Si](C)(C)C(C)(C)C)[C@@H](OCc2ccccc2)[C@@H](OCc2ccccc2)C1N=[N+]=[N-]. The van der Waals surface area contributed by atoms with Gasteiger partial charge in [-0.2, -0.15) is 0 Å². The number of hydrogen-bond donors (Lipinski definition) is 0. The Morgan fingerprint density at radius 1 is 0.946 bits per heavy atom. The van der Waals surface area contributed by atoms with E-state index in [1.165, 1.54) is 0 Å². The third-order valence-electron chi connectivity index (χ3n) is 7.12. The van der Waals surface area contributed by atoms with Crippen molar-refractivity contribution in [2.24, 2.45) is 5.11 Å². The van der Waals surface area contributed by atoms with Crippen LogP contribution >= 0.6 is 11.8 Å². The minimum Gasteiger partial charge on any atom is -0.414 e. The Balaban J connectivity index is 1.92. The summed E-state index contributed by atoms with van der Waals surface area (Å²) in [6, 6.07) is 19.5. The molecule has 3 rings (SSSR count). The second kappa shape index (κ2) is 13.8. The lowest BCUT2D eigenvalue weighted by Gasteiger charge is -2.46. The molecule has 2 unspecified atom stereocenters.